The van der Waals surface area contributed by atoms with Gasteiger partial charge in [-0.2, -0.15) is 0 Å². The molecule has 0 bridgehead atoms. The van der Waals surface area contributed by atoms with Gasteiger partial charge in [0, 0.05) is 13.1 Å². The van der Waals surface area contributed by atoms with Crippen LogP contribution in [0.15, 0.2) is 10.8 Å². The van der Waals surface area contributed by atoms with E-state index in [1.54, 1.807) is 6.33 Å². The van der Waals surface area contributed by atoms with E-state index in [2.05, 4.69) is 50.4 Å². The zero-order valence-corrected chi connectivity index (χ0v) is 14.4. The Kier molecular flexibility index (Phi) is 5.81. The number of anilines is 2. The van der Waals surface area contributed by atoms with Gasteiger partial charge in [0.25, 0.3) is 0 Å². The van der Waals surface area contributed by atoms with E-state index in [9.17, 15) is 5.11 Å². The first-order chi connectivity index (χ1) is 10.0. The third-order valence-electron chi connectivity index (χ3n) is 3.98. The Morgan fingerprint density at radius 1 is 1.38 bits per heavy atom. The summed E-state index contributed by atoms with van der Waals surface area (Å²) in [4.78, 5) is 8.49. The third kappa shape index (κ3) is 4.54. The molecule has 0 aromatic carbocycles. The molecule has 118 valence electrons. The van der Waals surface area contributed by atoms with Crippen LogP contribution < -0.4 is 10.6 Å². The molecule has 2 unspecified atom stereocenters. The predicted molar refractivity (Wildman–Crippen MR) is 89.6 cm³/mol. The summed E-state index contributed by atoms with van der Waals surface area (Å²) in [6.07, 6.45) is 6.59. The van der Waals surface area contributed by atoms with E-state index in [1.165, 1.54) is 6.42 Å². The molecule has 1 saturated carbocycles. The van der Waals surface area contributed by atoms with Crippen molar-refractivity contribution in [2.75, 3.05) is 23.7 Å². The van der Waals surface area contributed by atoms with Crippen molar-refractivity contribution in [1.29, 1.82) is 0 Å². The lowest BCUT2D eigenvalue weighted by molar-refractivity contribution is -0.000838. The molecule has 0 saturated heterocycles. The number of hydrogen-bond acceptors (Lipinski definition) is 5. The Morgan fingerprint density at radius 3 is 2.76 bits per heavy atom. The summed E-state index contributed by atoms with van der Waals surface area (Å²) >= 11 is 3.53. The average molecular weight is 357 g/mol. The van der Waals surface area contributed by atoms with E-state index in [0.717, 1.165) is 48.3 Å². The van der Waals surface area contributed by atoms with Crippen LogP contribution in [0.25, 0.3) is 0 Å². The van der Waals surface area contributed by atoms with Gasteiger partial charge in [0.1, 0.15) is 22.4 Å². The first-order valence-corrected chi connectivity index (χ1v) is 8.54. The van der Waals surface area contributed by atoms with Crippen LogP contribution in [0.2, 0.25) is 0 Å². The third-order valence-corrected chi connectivity index (χ3v) is 4.74. The Labute approximate surface area is 135 Å². The van der Waals surface area contributed by atoms with Gasteiger partial charge in [-0.25, -0.2) is 9.97 Å². The highest BCUT2D eigenvalue weighted by molar-refractivity contribution is 9.10. The number of hydrogen-bond donors (Lipinski definition) is 3. The van der Waals surface area contributed by atoms with Crippen molar-refractivity contribution >= 4 is 27.6 Å². The second kappa shape index (κ2) is 7.40. The number of aliphatic hydroxyl groups is 1. The van der Waals surface area contributed by atoms with Gasteiger partial charge in [-0.1, -0.05) is 26.7 Å². The minimum absolute atomic E-state index is 0.528. The van der Waals surface area contributed by atoms with Crippen molar-refractivity contribution < 1.29 is 5.11 Å². The van der Waals surface area contributed by atoms with Crippen LogP contribution in [0.4, 0.5) is 11.6 Å². The van der Waals surface area contributed by atoms with Crippen LogP contribution in [0, 0.1) is 5.92 Å². The fraction of sp³-hybridized carbons (Fsp3) is 0.733. The molecule has 1 aromatic heterocycles. The maximum Gasteiger partial charge on any atom is 0.146 e. The molecular formula is C15H25BrN4O. The summed E-state index contributed by atoms with van der Waals surface area (Å²) in [5.41, 5.74) is -0.626. The molecule has 1 fully saturated rings. The van der Waals surface area contributed by atoms with Gasteiger partial charge in [0.15, 0.2) is 0 Å². The van der Waals surface area contributed by atoms with Gasteiger partial charge in [-0.15, -0.1) is 0 Å². The number of aromatic nitrogens is 2. The minimum atomic E-state index is -0.626. The topological polar surface area (TPSA) is 70.1 Å². The lowest BCUT2D eigenvalue weighted by Crippen LogP contribution is -2.41. The Bertz CT molecular complexity index is 471. The van der Waals surface area contributed by atoms with Gasteiger partial charge < -0.3 is 15.7 Å². The van der Waals surface area contributed by atoms with E-state index < -0.39 is 5.60 Å². The molecule has 2 atom stereocenters. The summed E-state index contributed by atoms with van der Waals surface area (Å²) in [5, 5.41) is 17.2. The first kappa shape index (κ1) is 16.5. The Morgan fingerprint density at radius 2 is 2.10 bits per heavy atom. The molecule has 3 N–H and O–H groups in total. The van der Waals surface area contributed by atoms with Gasteiger partial charge in [-0.05, 0) is 41.1 Å². The molecule has 5 nitrogen and oxygen atoms in total. The first-order valence-electron chi connectivity index (χ1n) is 7.74. The standard InChI is InChI=1S/C15H25BrN4O/c1-3-7-17-13-12(16)14(20-10-19-13)18-9-15(21)6-4-5-11(2)8-15/h10-11,21H,3-9H2,1-2H3,(H2,17,18,19,20). The highest BCUT2D eigenvalue weighted by Gasteiger charge is 2.32. The van der Waals surface area contributed by atoms with Crippen molar-refractivity contribution in [3.05, 3.63) is 10.8 Å². The lowest BCUT2D eigenvalue weighted by Gasteiger charge is -2.35. The highest BCUT2D eigenvalue weighted by atomic mass is 79.9. The van der Waals surface area contributed by atoms with Crippen LogP contribution in [-0.2, 0) is 0 Å². The fourth-order valence-electron chi connectivity index (χ4n) is 2.90. The maximum atomic E-state index is 10.7. The summed E-state index contributed by atoms with van der Waals surface area (Å²) in [7, 11) is 0. The van der Waals surface area contributed by atoms with Crippen LogP contribution in [-0.4, -0.2) is 33.8 Å². The van der Waals surface area contributed by atoms with E-state index in [0.29, 0.717) is 12.5 Å². The normalized spacial score (nSPS) is 25.6. The molecule has 1 heterocycles. The van der Waals surface area contributed by atoms with Crippen molar-refractivity contribution in [2.45, 2.75) is 51.6 Å². The number of rotatable bonds is 6. The van der Waals surface area contributed by atoms with E-state index in [4.69, 9.17) is 0 Å². The van der Waals surface area contributed by atoms with E-state index in [1.807, 2.05) is 0 Å². The largest absolute Gasteiger partial charge is 0.388 e. The number of nitrogens with zero attached hydrogens (tertiary/aromatic N) is 2. The van der Waals surface area contributed by atoms with Crippen LogP contribution in [0.1, 0.15) is 46.0 Å². The van der Waals surface area contributed by atoms with Gasteiger partial charge in [0.05, 0.1) is 5.60 Å². The van der Waals surface area contributed by atoms with Crippen molar-refractivity contribution in [2.24, 2.45) is 5.92 Å². The average Bonchev–Trinajstić information content (AvgIpc) is 2.45. The molecule has 0 spiro atoms. The van der Waals surface area contributed by atoms with Crippen LogP contribution in [0.3, 0.4) is 0 Å². The molecular weight excluding hydrogens is 332 g/mol. The second-order valence-electron chi connectivity index (χ2n) is 6.09. The van der Waals surface area contributed by atoms with Crippen molar-refractivity contribution in [3.63, 3.8) is 0 Å². The molecule has 0 aliphatic heterocycles. The number of nitrogens with one attached hydrogen (secondary N) is 2. The van der Waals surface area contributed by atoms with Crippen LogP contribution in [0.5, 0.6) is 0 Å². The summed E-state index contributed by atoms with van der Waals surface area (Å²) in [6, 6.07) is 0. The molecule has 6 heteroatoms. The summed E-state index contributed by atoms with van der Waals surface area (Å²) in [6.45, 7) is 5.72. The molecule has 0 amide bonds. The molecule has 2 rings (SSSR count). The smallest absolute Gasteiger partial charge is 0.146 e. The van der Waals surface area contributed by atoms with Crippen LogP contribution >= 0.6 is 15.9 Å². The monoisotopic (exact) mass is 356 g/mol. The Balaban J connectivity index is 1.99. The van der Waals surface area contributed by atoms with Gasteiger partial charge >= 0.3 is 0 Å². The van der Waals surface area contributed by atoms with E-state index in [-0.39, 0.29) is 0 Å². The molecule has 1 aromatic rings. The lowest BCUT2D eigenvalue weighted by atomic mass is 9.79. The molecule has 21 heavy (non-hydrogen) atoms. The minimum Gasteiger partial charge on any atom is -0.388 e. The molecule has 0 radical (unpaired) electrons. The quantitative estimate of drug-likeness (QED) is 0.728. The fourth-order valence-corrected chi connectivity index (χ4v) is 3.39. The molecule has 1 aliphatic rings. The highest BCUT2D eigenvalue weighted by Crippen LogP contribution is 2.33. The van der Waals surface area contributed by atoms with Gasteiger partial charge in [-0.3, -0.25) is 0 Å². The zero-order valence-electron chi connectivity index (χ0n) is 12.8. The molecule has 1 aliphatic carbocycles. The maximum absolute atomic E-state index is 10.7. The number of halogens is 1. The van der Waals surface area contributed by atoms with Crippen molar-refractivity contribution in [1.82, 2.24) is 9.97 Å². The zero-order chi connectivity index (χ0) is 15.3. The Hall–Kier alpha value is -0.880. The van der Waals surface area contributed by atoms with E-state index >= 15 is 0 Å². The van der Waals surface area contributed by atoms with Crippen molar-refractivity contribution in [3.8, 4) is 0 Å². The van der Waals surface area contributed by atoms with Gasteiger partial charge in [0.2, 0.25) is 0 Å². The predicted octanol–water partition coefficient (Wildman–Crippen LogP) is 3.41. The SMILES string of the molecule is CCCNc1ncnc(NCC2(O)CCCC(C)C2)c1Br. The second-order valence-corrected chi connectivity index (χ2v) is 6.88. The summed E-state index contributed by atoms with van der Waals surface area (Å²) < 4.78 is 0.825. The summed E-state index contributed by atoms with van der Waals surface area (Å²) in [5.74, 6) is 2.11.